The highest BCUT2D eigenvalue weighted by molar-refractivity contribution is 5.05. The zero-order chi connectivity index (χ0) is 8.81. The molecule has 1 rings (SSSR count). The van der Waals surface area contributed by atoms with Crippen LogP contribution in [-0.2, 0) is 0 Å². The van der Waals surface area contributed by atoms with E-state index in [2.05, 4.69) is 21.8 Å². The van der Waals surface area contributed by atoms with Crippen LogP contribution in [0.15, 0.2) is 18.6 Å². The molecule has 1 aromatic heterocycles. The normalized spacial score (nSPS) is 11.5. The summed E-state index contributed by atoms with van der Waals surface area (Å²) in [4.78, 5) is 7.79. The highest BCUT2D eigenvalue weighted by atomic mass is 16.3. The minimum atomic E-state index is -0.619. The number of aromatic nitrogens is 2. The standard InChI is InChI=1S/C9H10N2O/c1-2-3-4-9(12)8-7-10-5-6-11-8/h5-7,9,12H,4H2,1H3. The largest absolute Gasteiger partial charge is 0.386 e. The summed E-state index contributed by atoms with van der Waals surface area (Å²) in [6.07, 6.45) is 4.46. The van der Waals surface area contributed by atoms with E-state index in [-0.39, 0.29) is 0 Å². The van der Waals surface area contributed by atoms with Gasteiger partial charge in [-0.15, -0.1) is 11.8 Å². The van der Waals surface area contributed by atoms with Gasteiger partial charge in [0.05, 0.1) is 11.9 Å². The van der Waals surface area contributed by atoms with Crippen LogP contribution in [0.1, 0.15) is 25.1 Å². The van der Waals surface area contributed by atoms with Crippen LogP contribution in [0.2, 0.25) is 0 Å². The molecule has 0 aliphatic carbocycles. The van der Waals surface area contributed by atoms with Crippen LogP contribution in [0.5, 0.6) is 0 Å². The van der Waals surface area contributed by atoms with Gasteiger partial charge in [-0.2, -0.15) is 0 Å². The van der Waals surface area contributed by atoms with Crippen molar-refractivity contribution in [2.75, 3.05) is 0 Å². The average molecular weight is 162 g/mol. The molecule has 0 bridgehead atoms. The van der Waals surface area contributed by atoms with Crippen molar-refractivity contribution in [1.82, 2.24) is 9.97 Å². The molecule has 12 heavy (non-hydrogen) atoms. The third-order valence-electron chi connectivity index (χ3n) is 1.40. The maximum atomic E-state index is 9.45. The molecule has 0 aromatic carbocycles. The van der Waals surface area contributed by atoms with Gasteiger partial charge in [0.25, 0.3) is 0 Å². The fourth-order valence-electron chi connectivity index (χ4n) is 0.786. The van der Waals surface area contributed by atoms with Crippen LogP contribution in [0.3, 0.4) is 0 Å². The Labute approximate surface area is 71.5 Å². The van der Waals surface area contributed by atoms with Crippen LogP contribution >= 0.6 is 0 Å². The van der Waals surface area contributed by atoms with Gasteiger partial charge < -0.3 is 5.11 Å². The molecule has 3 nitrogen and oxygen atoms in total. The van der Waals surface area contributed by atoms with Gasteiger partial charge in [0.15, 0.2) is 0 Å². The quantitative estimate of drug-likeness (QED) is 0.658. The van der Waals surface area contributed by atoms with Crippen molar-refractivity contribution in [2.24, 2.45) is 0 Å². The minimum absolute atomic E-state index is 0.412. The topological polar surface area (TPSA) is 46.0 Å². The predicted molar refractivity (Wildman–Crippen MR) is 45.1 cm³/mol. The van der Waals surface area contributed by atoms with Crippen molar-refractivity contribution in [3.05, 3.63) is 24.3 Å². The first-order valence-corrected chi connectivity index (χ1v) is 3.68. The first-order chi connectivity index (χ1) is 5.84. The van der Waals surface area contributed by atoms with Gasteiger partial charge in [-0.3, -0.25) is 9.97 Å². The zero-order valence-electron chi connectivity index (χ0n) is 6.86. The van der Waals surface area contributed by atoms with Gasteiger partial charge in [-0.1, -0.05) is 0 Å². The summed E-state index contributed by atoms with van der Waals surface area (Å²) in [6, 6.07) is 0. The molecule has 1 atom stereocenters. The van der Waals surface area contributed by atoms with E-state index in [9.17, 15) is 5.11 Å². The second kappa shape index (κ2) is 4.47. The van der Waals surface area contributed by atoms with E-state index >= 15 is 0 Å². The molecule has 1 aromatic rings. The van der Waals surface area contributed by atoms with E-state index in [1.165, 1.54) is 0 Å². The Balaban J connectivity index is 2.63. The molecule has 0 saturated heterocycles. The monoisotopic (exact) mass is 162 g/mol. The molecule has 1 N–H and O–H groups in total. The fraction of sp³-hybridized carbons (Fsp3) is 0.333. The molecule has 0 aliphatic rings. The van der Waals surface area contributed by atoms with Gasteiger partial charge >= 0.3 is 0 Å². The van der Waals surface area contributed by atoms with Crippen molar-refractivity contribution < 1.29 is 5.11 Å². The molecule has 0 aliphatic heterocycles. The zero-order valence-corrected chi connectivity index (χ0v) is 6.86. The Morgan fingerprint density at radius 3 is 3.00 bits per heavy atom. The van der Waals surface area contributed by atoms with Crippen molar-refractivity contribution in [3.63, 3.8) is 0 Å². The molecular weight excluding hydrogens is 152 g/mol. The van der Waals surface area contributed by atoms with Crippen LogP contribution < -0.4 is 0 Å². The maximum absolute atomic E-state index is 9.45. The van der Waals surface area contributed by atoms with Crippen molar-refractivity contribution in [3.8, 4) is 11.8 Å². The van der Waals surface area contributed by atoms with E-state index in [4.69, 9.17) is 0 Å². The lowest BCUT2D eigenvalue weighted by atomic mass is 10.2. The van der Waals surface area contributed by atoms with E-state index in [1.54, 1.807) is 25.5 Å². The van der Waals surface area contributed by atoms with Gasteiger partial charge in [0.2, 0.25) is 0 Å². The summed E-state index contributed by atoms with van der Waals surface area (Å²) in [7, 11) is 0. The highest BCUT2D eigenvalue weighted by Crippen LogP contribution is 2.10. The number of aliphatic hydroxyl groups is 1. The van der Waals surface area contributed by atoms with Gasteiger partial charge in [0, 0.05) is 18.8 Å². The number of rotatable bonds is 2. The average Bonchev–Trinajstić information content (AvgIpc) is 2.15. The van der Waals surface area contributed by atoms with Gasteiger partial charge in [0.1, 0.15) is 6.10 Å². The predicted octanol–water partition coefficient (Wildman–Crippen LogP) is 0.923. The molecule has 0 amide bonds. The number of hydrogen-bond donors (Lipinski definition) is 1. The lowest BCUT2D eigenvalue weighted by Gasteiger charge is -2.03. The second-order valence-corrected chi connectivity index (χ2v) is 2.28. The lowest BCUT2D eigenvalue weighted by Crippen LogP contribution is -1.99. The third-order valence-corrected chi connectivity index (χ3v) is 1.40. The maximum Gasteiger partial charge on any atom is 0.108 e. The Morgan fingerprint density at radius 2 is 2.42 bits per heavy atom. The Morgan fingerprint density at radius 1 is 1.58 bits per heavy atom. The van der Waals surface area contributed by atoms with Gasteiger partial charge in [-0.25, -0.2) is 0 Å². The number of hydrogen-bond acceptors (Lipinski definition) is 3. The van der Waals surface area contributed by atoms with E-state index in [0.29, 0.717) is 12.1 Å². The second-order valence-electron chi connectivity index (χ2n) is 2.28. The SMILES string of the molecule is CC#CCC(O)c1cnccn1. The first kappa shape index (κ1) is 8.69. The van der Waals surface area contributed by atoms with Crippen LogP contribution in [-0.4, -0.2) is 15.1 Å². The summed E-state index contributed by atoms with van der Waals surface area (Å²) in [6.45, 7) is 1.74. The summed E-state index contributed by atoms with van der Waals surface area (Å²) in [5.41, 5.74) is 0.570. The molecule has 0 radical (unpaired) electrons. The smallest absolute Gasteiger partial charge is 0.108 e. The molecule has 0 fully saturated rings. The molecular formula is C9H10N2O. The fourth-order valence-corrected chi connectivity index (χ4v) is 0.786. The molecule has 3 heteroatoms. The minimum Gasteiger partial charge on any atom is -0.386 e. The lowest BCUT2D eigenvalue weighted by molar-refractivity contribution is 0.178. The molecule has 62 valence electrons. The molecule has 1 unspecified atom stereocenters. The van der Waals surface area contributed by atoms with E-state index in [1.807, 2.05) is 0 Å². The highest BCUT2D eigenvalue weighted by Gasteiger charge is 2.05. The third kappa shape index (κ3) is 2.33. The molecule has 1 heterocycles. The summed E-state index contributed by atoms with van der Waals surface area (Å²) in [5.74, 6) is 5.49. The molecule has 0 spiro atoms. The van der Waals surface area contributed by atoms with Crippen molar-refractivity contribution in [1.29, 1.82) is 0 Å². The number of aliphatic hydroxyl groups excluding tert-OH is 1. The summed E-state index contributed by atoms with van der Waals surface area (Å²) >= 11 is 0. The van der Waals surface area contributed by atoms with Crippen molar-refractivity contribution in [2.45, 2.75) is 19.4 Å². The summed E-state index contributed by atoms with van der Waals surface area (Å²) < 4.78 is 0. The van der Waals surface area contributed by atoms with E-state index in [0.717, 1.165) is 0 Å². The Bertz CT molecular complexity index is 286. The first-order valence-electron chi connectivity index (χ1n) is 3.68. The van der Waals surface area contributed by atoms with Gasteiger partial charge in [-0.05, 0) is 6.92 Å². The van der Waals surface area contributed by atoms with Crippen LogP contribution in [0.4, 0.5) is 0 Å². The molecule has 0 saturated carbocycles. The summed E-state index contributed by atoms with van der Waals surface area (Å²) in [5, 5.41) is 9.45. The van der Waals surface area contributed by atoms with E-state index < -0.39 is 6.10 Å². The number of nitrogens with zero attached hydrogens (tertiary/aromatic N) is 2. The van der Waals surface area contributed by atoms with Crippen LogP contribution in [0, 0.1) is 11.8 Å². The van der Waals surface area contributed by atoms with Crippen LogP contribution in [0.25, 0.3) is 0 Å². The Kier molecular flexibility index (Phi) is 3.24. The Hall–Kier alpha value is -1.40. The van der Waals surface area contributed by atoms with Crippen molar-refractivity contribution >= 4 is 0 Å².